The van der Waals surface area contributed by atoms with E-state index in [9.17, 15) is 9.90 Å². The van der Waals surface area contributed by atoms with Crippen LogP contribution >= 0.6 is 0 Å². The number of nitrogens with one attached hydrogen (secondary N) is 1. The second-order valence-electron chi connectivity index (χ2n) is 4.89. The summed E-state index contributed by atoms with van der Waals surface area (Å²) in [6.07, 6.45) is -1.11. The predicted molar refractivity (Wildman–Crippen MR) is 69.6 cm³/mol. The third-order valence-electron chi connectivity index (χ3n) is 3.32. The Bertz CT molecular complexity index is 476. The number of aliphatic hydroxyl groups is 1. The highest BCUT2D eigenvalue weighted by Gasteiger charge is 2.31. The van der Waals surface area contributed by atoms with E-state index in [1.54, 1.807) is 0 Å². The van der Waals surface area contributed by atoms with Crippen molar-refractivity contribution in [1.82, 2.24) is 10.1 Å². The molecule has 0 spiro atoms. The van der Waals surface area contributed by atoms with E-state index in [1.807, 2.05) is 6.92 Å². The summed E-state index contributed by atoms with van der Waals surface area (Å²) < 4.78 is 10.0. The zero-order chi connectivity index (χ0) is 14.7. The molecule has 8 heteroatoms. The van der Waals surface area contributed by atoms with Gasteiger partial charge in [0.05, 0.1) is 30.5 Å². The van der Waals surface area contributed by atoms with Crippen LogP contribution in [-0.4, -0.2) is 58.8 Å². The quantitative estimate of drug-likeness (QED) is 0.723. The normalized spacial score (nSPS) is 19.6. The summed E-state index contributed by atoms with van der Waals surface area (Å²) in [6, 6.07) is -0.128. The molecule has 112 valence electrons. The molecule has 1 aliphatic heterocycles. The van der Waals surface area contributed by atoms with Crippen molar-refractivity contribution in [3.05, 3.63) is 11.3 Å². The van der Waals surface area contributed by atoms with Gasteiger partial charge in [-0.05, 0) is 6.92 Å². The van der Waals surface area contributed by atoms with Gasteiger partial charge in [-0.2, -0.15) is 0 Å². The minimum Gasteiger partial charge on any atom is -0.465 e. The van der Waals surface area contributed by atoms with Gasteiger partial charge in [0.25, 0.3) is 0 Å². The molecular formula is C12H19N3O5. The Morgan fingerprint density at radius 1 is 1.70 bits per heavy atom. The van der Waals surface area contributed by atoms with Crippen LogP contribution in [0.2, 0.25) is 0 Å². The molecule has 0 fully saturated rings. The Morgan fingerprint density at radius 2 is 2.45 bits per heavy atom. The van der Waals surface area contributed by atoms with Gasteiger partial charge in [-0.25, -0.2) is 4.79 Å². The summed E-state index contributed by atoms with van der Waals surface area (Å²) in [6.45, 7) is 2.53. The van der Waals surface area contributed by atoms with Gasteiger partial charge >= 0.3 is 6.09 Å². The fourth-order valence-electron chi connectivity index (χ4n) is 2.24. The number of amides is 1. The van der Waals surface area contributed by atoms with Gasteiger partial charge in [-0.15, -0.1) is 0 Å². The lowest BCUT2D eigenvalue weighted by Crippen LogP contribution is -2.41. The second kappa shape index (κ2) is 6.10. The highest BCUT2D eigenvalue weighted by Crippen LogP contribution is 2.28. The maximum absolute atomic E-state index is 11.2. The maximum atomic E-state index is 11.2. The maximum Gasteiger partial charge on any atom is 0.407 e. The molecule has 1 aromatic heterocycles. The number of ether oxygens (including phenoxy) is 1. The molecule has 0 saturated heterocycles. The average Bonchev–Trinajstić information content (AvgIpc) is 2.77. The van der Waals surface area contributed by atoms with Gasteiger partial charge in [0.15, 0.2) is 0 Å². The third-order valence-corrected chi connectivity index (χ3v) is 3.32. The van der Waals surface area contributed by atoms with Gasteiger partial charge in [0.2, 0.25) is 5.88 Å². The van der Waals surface area contributed by atoms with Crippen LogP contribution in [0.1, 0.15) is 18.2 Å². The lowest BCUT2D eigenvalue weighted by Gasteiger charge is -2.30. The minimum absolute atomic E-state index is 0.128. The Balaban J connectivity index is 2.06. The number of hydrogen-bond acceptors (Lipinski definition) is 6. The summed E-state index contributed by atoms with van der Waals surface area (Å²) >= 11 is 0. The number of carboxylic acid groups (broad SMARTS) is 1. The number of aliphatic hydroxyl groups excluding tert-OH is 1. The molecule has 1 amide bonds. The van der Waals surface area contributed by atoms with Crippen LogP contribution in [0, 0.1) is 0 Å². The van der Waals surface area contributed by atoms with Crippen molar-refractivity contribution in [3.63, 3.8) is 0 Å². The van der Waals surface area contributed by atoms with Crippen LogP contribution in [0.25, 0.3) is 0 Å². The first-order valence-electron chi connectivity index (χ1n) is 6.40. The summed E-state index contributed by atoms with van der Waals surface area (Å²) in [7, 11) is 1.51. The van der Waals surface area contributed by atoms with Crippen LogP contribution in [0.5, 0.6) is 0 Å². The molecule has 0 saturated carbocycles. The van der Waals surface area contributed by atoms with Crippen molar-refractivity contribution in [2.24, 2.45) is 0 Å². The summed E-state index contributed by atoms with van der Waals surface area (Å²) in [4.78, 5) is 12.5. The van der Waals surface area contributed by atoms with Gasteiger partial charge in [0.1, 0.15) is 0 Å². The number of nitrogens with zero attached hydrogens (tertiary/aromatic N) is 2. The molecule has 0 unspecified atom stereocenters. The first-order chi connectivity index (χ1) is 9.52. The molecule has 1 aliphatic rings. The fraction of sp³-hybridized carbons (Fsp3) is 0.667. The smallest absolute Gasteiger partial charge is 0.407 e. The summed E-state index contributed by atoms with van der Waals surface area (Å²) in [5.74, 6) is 0.410. The second-order valence-corrected chi connectivity index (χ2v) is 4.89. The Morgan fingerprint density at radius 3 is 3.10 bits per heavy atom. The molecule has 0 aliphatic carbocycles. The predicted octanol–water partition coefficient (Wildman–Crippen LogP) is 0.518. The van der Waals surface area contributed by atoms with E-state index in [0.29, 0.717) is 12.3 Å². The molecule has 0 aromatic carbocycles. The van der Waals surface area contributed by atoms with E-state index in [4.69, 9.17) is 14.4 Å². The molecule has 0 radical (unpaired) electrons. The molecule has 3 N–H and O–H groups in total. The average molecular weight is 285 g/mol. The number of hydrogen-bond donors (Lipinski definition) is 3. The van der Waals surface area contributed by atoms with Crippen molar-refractivity contribution in [3.8, 4) is 0 Å². The van der Waals surface area contributed by atoms with Gasteiger partial charge < -0.3 is 29.7 Å². The Hall–Kier alpha value is -1.80. The highest BCUT2D eigenvalue weighted by atomic mass is 16.5. The van der Waals surface area contributed by atoms with Gasteiger partial charge in [-0.3, -0.25) is 0 Å². The SMILES string of the molecule is COC[C@@H](O)CNc1onc2c1CN(C(=O)O)[C@@H](C)C2. The molecule has 2 heterocycles. The first kappa shape index (κ1) is 14.6. The molecule has 0 bridgehead atoms. The molecule has 2 rings (SSSR count). The van der Waals surface area contributed by atoms with E-state index >= 15 is 0 Å². The zero-order valence-electron chi connectivity index (χ0n) is 11.5. The third kappa shape index (κ3) is 3.02. The standard InChI is InChI=1S/C12H19N3O5/c1-7-3-10-9(5-15(7)12(17)18)11(20-14-10)13-4-8(16)6-19-2/h7-8,13,16H,3-6H2,1-2H3,(H,17,18)/t7-,8-/m0/s1. The van der Waals surface area contributed by atoms with Crippen molar-refractivity contribution in [2.45, 2.75) is 32.0 Å². The molecule has 20 heavy (non-hydrogen) atoms. The summed E-state index contributed by atoms with van der Waals surface area (Å²) in [5, 5.41) is 25.6. The van der Waals surface area contributed by atoms with Crippen molar-refractivity contribution in [1.29, 1.82) is 0 Å². The molecular weight excluding hydrogens is 266 g/mol. The van der Waals surface area contributed by atoms with Gasteiger partial charge in [-0.1, -0.05) is 5.16 Å². The monoisotopic (exact) mass is 285 g/mol. The fourth-order valence-corrected chi connectivity index (χ4v) is 2.24. The minimum atomic E-state index is -0.963. The van der Waals surface area contributed by atoms with E-state index in [-0.39, 0.29) is 25.7 Å². The highest BCUT2D eigenvalue weighted by molar-refractivity contribution is 5.66. The van der Waals surface area contributed by atoms with E-state index < -0.39 is 12.2 Å². The van der Waals surface area contributed by atoms with Crippen molar-refractivity contribution >= 4 is 12.0 Å². The number of aromatic nitrogens is 1. The largest absolute Gasteiger partial charge is 0.465 e. The zero-order valence-corrected chi connectivity index (χ0v) is 11.5. The van der Waals surface area contributed by atoms with Gasteiger partial charge in [0, 0.05) is 26.1 Å². The van der Waals surface area contributed by atoms with Crippen molar-refractivity contribution in [2.75, 3.05) is 25.6 Å². The number of rotatable bonds is 5. The molecule has 2 atom stereocenters. The number of methoxy groups -OCH3 is 1. The van der Waals surface area contributed by atoms with Crippen LogP contribution in [0.15, 0.2) is 4.52 Å². The van der Waals surface area contributed by atoms with Crippen LogP contribution in [0.3, 0.4) is 0 Å². The van der Waals surface area contributed by atoms with E-state index in [0.717, 1.165) is 11.3 Å². The van der Waals surface area contributed by atoms with Crippen LogP contribution in [-0.2, 0) is 17.7 Å². The molecule has 8 nitrogen and oxygen atoms in total. The number of anilines is 1. The summed E-state index contributed by atoms with van der Waals surface area (Å²) in [5.41, 5.74) is 1.49. The lowest BCUT2D eigenvalue weighted by atomic mass is 10.0. The van der Waals surface area contributed by atoms with Crippen molar-refractivity contribution < 1.29 is 24.3 Å². The number of carbonyl (C=O) groups is 1. The number of fused-ring (bicyclic) bond motifs is 1. The molecule has 1 aromatic rings. The van der Waals surface area contributed by atoms with E-state index in [1.165, 1.54) is 12.0 Å². The van der Waals surface area contributed by atoms with E-state index in [2.05, 4.69) is 10.5 Å². The first-order valence-corrected chi connectivity index (χ1v) is 6.40. The Kier molecular flexibility index (Phi) is 4.46. The topological polar surface area (TPSA) is 108 Å². The van der Waals surface area contributed by atoms with Crippen LogP contribution in [0.4, 0.5) is 10.7 Å². The lowest BCUT2D eigenvalue weighted by molar-refractivity contribution is 0.0724. The Labute approximate surface area is 116 Å². The van der Waals surface area contributed by atoms with Crippen LogP contribution < -0.4 is 5.32 Å².